The zero-order valence-corrected chi connectivity index (χ0v) is 25.5. The predicted octanol–water partition coefficient (Wildman–Crippen LogP) is 0.814. The van der Waals surface area contributed by atoms with Crippen LogP contribution >= 0.6 is 0 Å². The van der Waals surface area contributed by atoms with Gasteiger partial charge in [-0.15, -0.1) is 0 Å². The van der Waals surface area contributed by atoms with Gasteiger partial charge in [-0.05, 0) is 63.4 Å². The SMILES string of the molecule is COc1ccc2c3c1O[C@H]1C(OC(=O)C[C@H](O)C(=O)O[C@@H](C)C(=O)N[C@@H](CC(C)C)C(=O)O)=CC[C@@]4(O)[C@H](C2)N(C)CC[C@]314. The summed E-state index contributed by atoms with van der Waals surface area (Å²) in [6, 6.07) is 2.45. The van der Waals surface area contributed by atoms with Crippen LogP contribution in [0.3, 0.4) is 0 Å². The molecular formula is C31H40N2O11. The number of benzene rings is 1. The first-order valence-corrected chi connectivity index (χ1v) is 14.9. The van der Waals surface area contributed by atoms with Crippen LogP contribution in [-0.2, 0) is 40.5 Å². The first-order valence-electron chi connectivity index (χ1n) is 14.9. The Bertz CT molecular complexity index is 1390. The number of hydrogen-bond donors (Lipinski definition) is 4. The fourth-order valence-electron chi connectivity index (χ4n) is 7.29. The molecule has 13 heteroatoms. The van der Waals surface area contributed by atoms with Gasteiger partial charge in [0.2, 0.25) is 0 Å². The van der Waals surface area contributed by atoms with Gasteiger partial charge in [-0.2, -0.15) is 0 Å². The van der Waals surface area contributed by atoms with Crippen molar-refractivity contribution >= 4 is 23.8 Å². The second-order valence-electron chi connectivity index (χ2n) is 12.6. The normalized spacial score (nSPS) is 28.5. The Kier molecular flexibility index (Phi) is 8.42. The van der Waals surface area contributed by atoms with Crippen molar-refractivity contribution in [2.75, 3.05) is 20.7 Å². The molecule has 1 amide bonds. The van der Waals surface area contributed by atoms with Gasteiger partial charge in [-0.25, -0.2) is 9.59 Å². The fourth-order valence-corrected chi connectivity index (χ4v) is 7.29. The molecule has 1 saturated heterocycles. The maximum Gasteiger partial charge on any atom is 0.336 e. The number of esters is 2. The molecular weight excluding hydrogens is 576 g/mol. The maximum absolute atomic E-state index is 13.0. The molecule has 240 valence electrons. The molecule has 1 fully saturated rings. The second kappa shape index (κ2) is 11.7. The highest BCUT2D eigenvalue weighted by molar-refractivity contribution is 5.89. The van der Waals surface area contributed by atoms with E-state index >= 15 is 0 Å². The number of likely N-dealkylation sites (N-methyl/N-ethyl adjacent to an activating group) is 1. The molecule has 2 bridgehead atoms. The number of aliphatic hydroxyl groups excluding tert-OH is 1. The molecule has 7 atom stereocenters. The third-order valence-electron chi connectivity index (χ3n) is 9.41. The highest BCUT2D eigenvalue weighted by Crippen LogP contribution is 2.65. The third-order valence-corrected chi connectivity index (χ3v) is 9.41. The van der Waals surface area contributed by atoms with E-state index in [0.717, 1.165) is 11.1 Å². The molecule has 1 aromatic carbocycles. The van der Waals surface area contributed by atoms with Crippen molar-refractivity contribution in [3.63, 3.8) is 0 Å². The topological polar surface area (TPSA) is 181 Å². The van der Waals surface area contributed by atoms with Gasteiger partial charge in [0, 0.05) is 18.0 Å². The number of aliphatic carboxylic acids is 1. The summed E-state index contributed by atoms with van der Waals surface area (Å²) in [7, 11) is 3.52. The standard InChI is InChI=1S/C31H40N2O11/c1-15(2)12-18(28(37)38)32-27(36)16(3)42-29(39)19(34)14-23(35)43-21-8-9-31(40)22-13-17-6-7-20(41-5)25-24(17)30(31,26(21)44-25)10-11-33(22)4/h6-8,15-16,18-19,22,26,34,40H,9-14H2,1-5H3,(H,32,36)(H,37,38)/t16-,18-,19-,22-,26-,30-,31+/m0/s1. The Morgan fingerprint density at radius 1 is 1.20 bits per heavy atom. The van der Waals surface area contributed by atoms with E-state index in [1.807, 2.05) is 19.2 Å². The highest BCUT2D eigenvalue weighted by Gasteiger charge is 2.72. The van der Waals surface area contributed by atoms with Crippen LogP contribution in [0, 0.1) is 5.92 Å². The predicted molar refractivity (Wildman–Crippen MR) is 153 cm³/mol. The lowest BCUT2D eigenvalue weighted by molar-refractivity contribution is -0.172. The van der Waals surface area contributed by atoms with Gasteiger partial charge < -0.3 is 44.5 Å². The van der Waals surface area contributed by atoms with Crippen molar-refractivity contribution in [3.05, 3.63) is 35.1 Å². The molecule has 0 radical (unpaired) electrons. The number of carbonyl (C=O) groups excluding carboxylic acids is 3. The average Bonchev–Trinajstić information content (AvgIpc) is 3.31. The van der Waals surface area contributed by atoms with E-state index in [-0.39, 0.29) is 30.6 Å². The van der Waals surface area contributed by atoms with Crippen LogP contribution in [0.2, 0.25) is 0 Å². The van der Waals surface area contributed by atoms with Gasteiger partial charge >= 0.3 is 17.9 Å². The summed E-state index contributed by atoms with van der Waals surface area (Å²) in [6.45, 7) is 5.52. The molecule has 2 aliphatic heterocycles. The first kappa shape index (κ1) is 31.7. The van der Waals surface area contributed by atoms with Gasteiger partial charge in [-0.1, -0.05) is 19.9 Å². The van der Waals surface area contributed by atoms with Gasteiger partial charge in [0.15, 0.2) is 29.8 Å². The molecule has 1 aromatic rings. The number of rotatable bonds is 11. The number of carboxylic acid groups (broad SMARTS) is 1. The van der Waals surface area contributed by atoms with Crippen molar-refractivity contribution in [3.8, 4) is 11.5 Å². The molecule has 4 aliphatic rings. The summed E-state index contributed by atoms with van der Waals surface area (Å²) >= 11 is 0. The van der Waals surface area contributed by atoms with Crippen molar-refractivity contribution in [1.29, 1.82) is 0 Å². The maximum atomic E-state index is 13.0. The molecule has 13 nitrogen and oxygen atoms in total. The van der Waals surface area contributed by atoms with Crippen molar-refractivity contribution in [2.24, 2.45) is 5.92 Å². The Labute approximate surface area is 255 Å². The molecule has 0 saturated carbocycles. The molecule has 0 unspecified atom stereocenters. The molecule has 2 aliphatic carbocycles. The van der Waals surface area contributed by atoms with E-state index in [2.05, 4.69) is 10.2 Å². The summed E-state index contributed by atoms with van der Waals surface area (Å²) in [5.41, 5.74) is -0.187. The number of likely N-dealkylation sites (tertiary alicyclic amines) is 1. The number of amides is 1. The van der Waals surface area contributed by atoms with E-state index < -0.39 is 65.6 Å². The van der Waals surface area contributed by atoms with Crippen LogP contribution in [0.15, 0.2) is 24.0 Å². The van der Waals surface area contributed by atoms with Crippen molar-refractivity contribution in [2.45, 2.75) is 94.3 Å². The minimum absolute atomic E-state index is 0.0124. The number of carbonyl (C=O) groups is 4. The Morgan fingerprint density at radius 2 is 1.93 bits per heavy atom. The van der Waals surface area contributed by atoms with E-state index in [1.54, 1.807) is 19.9 Å². The Hall–Kier alpha value is -3.68. The molecule has 44 heavy (non-hydrogen) atoms. The van der Waals surface area contributed by atoms with Crippen LogP contribution < -0.4 is 14.8 Å². The third kappa shape index (κ3) is 5.10. The fraction of sp³-hybridized carbons (Fsp3) is 0.613. The van der Waals surface area contributed by atoms with E-state index in [0.29, 0.717) is 30.9 Å². The van der Waals surface area contributed by atoms with E-state index in [1.165, 1.54) is 14.0 Å². The molecule has 0 aromatic heterocycles. The number of ether oxygens (including phenoxy) is 4. The summed E-state index contributed by atoms with van der Waals surface area (Å²) in [5.74, 6) is -3.07. The van der Waals surface area contributed by atoms with Crippen LogP contribution in [0.1, 0.15) is 57.6 Å². The van der Waals surface area contributed by atoms with Crippen LogP contribution in [0.4, 0.5) is 0 Å². The number of hydrogen-bond acceptors (Lipinski definition) is 11. The zero-order chi connectivity index (χ0) is 32.1. The molecule has 5 rings (SSSR count). The quantitative estimate of drug-likeness (QED) is 0.257. The largest absolute Gasteiger partial charge is 0.493 e. The van der Waals surface area contributed by atoms with Gasteiger partial charge in [-0.3, -0.25) is 9.59 Å². The lowest BCUT2D eigenvalue weighted by Crippen LogP contribution is -2.74. The van der Waals surface area contributed by atoms with Crippen molar-refractivity contribution in [1.82, 2.24) is 10.2 Å². The van der Waals surface area contributed by atoms with Gasteiger partial charge in [0.1, 0.15) is 11.8 Å². The van der Waals surface area contributed by atoms with Crippen LogP contribution in [-0.4, -0.2) is 101 Å². The highest BCUT2D eigenvalue weighted by atomic mass is 16.6. The Balaban J connectivity index is 1.27. The summed E-state index contributed by atoms with van der Waals surface area (Å²) in [4.78, 5) is 51.5. The number of piperidine rings is 1. The average molecular weight is 617 g/mol. The number of aliphatic hydroxyl groups is 2. The summed E-state index contributed by atoms with van der Waals surface area (Å²) < 4.78 is 22.7. The number of nitrogens with zero attached hydrogens (tertiary/aromatic N) is 1. The lowest BCUT2D eigenvalue weighted by Gasteiger charge is -2.61. The number of carboxylic acids is 1. The minimum atomic E-state index is -1.95. The second-order valence-corrected chi connectivity index (χ2v) is 12.6. The molecule has 2 heterocycles. The van der Waals surface area contributed by atoms with Crippen LogP contribution in [0.5, 0.6) is 11.5 Å². The zero-order valence-electron chi connectivity index (χ0n) is 25.5. The Morgan fingerprint density at radius 3 is 2.59 bits per heavy atom. The molecule has 4 N–H and O–H groups in total. The van der Waals surface area contributed by atoms with E-state index in [4.69, 9.17) is 18.9 Å². The first-order chi connectivity index (χ1) is 20.7. The molecule has 1 spiro atoms. The van der Waals surface area contributed by atoms with E-state index in [9.17, 15) is 34.5 Å². The van der Waals surface area contributed by atoms with Gasteiger partial charge in [0.25, 0.3) is 5.91 Å². The minimum Gasteiger partial charge on any atom is -0.493 e. The number of methoxy groups -OCH3 is 1. The lowest BCUT2D eigenvalue weighted by atomic mass is 9.50. The van der Waals surface area contributed by atoms with Crippen molar-refractivity contribution < 1.29 is 53.4 Å². The monoisotopic (exact) mass is 616 g/mol. The smallest absolute Gasteiger partial charge is 0.336 e. The van der Waals surface area contributed by atoms with Gasteiger partial charge in [0.05, 0.1) is 24.5 Å². The summed E-state index contributed by atoms with van der Waals surface area (Å²) in [6.07, 6.45) is -1.81. The van der Waals surface area contributed by atoms with Crippen LogP contribution in [0.25, 0.3) is 0 Å². The number of nitrogens with one attached hydrogen (secondary N) is 1. The summed E-state index contributed by atoms with van der Waals surface area (Å²) in [5, 5.41) is 34.3.